The van der Waals surface area contributed by atoms with Crippen molar-refractivity contribution in [1.29, 1.82) is 0 Å². The molecule has 1 amide bonds. The number of nitrogens with one attached hydrogen (secondary N) is 2. The average Bonchev–Trinajstić information content (AvgIpc) is 2.73. The van der Waals surface area contributed by atoms with Crippen LogP contribution in [0.3, 0.4) is 0 Å². The van der Waals surface area contributed by atoms with Gasteiger partial charge in [-0.2, -0.15) is 0 Å². The van der Waals surface area contributed by atoms with E-state index in [0.29, 0.717) is 17.7 Å². The quantitative estimate of drug-likeness (QED) is 0.730. The van der Waals surface area contributed by atoms with Crippen LogP contribution in [0, 0.1) is 0 Å². The second kappa shape index (κ2) is 3.61. The third-order valence-corrected chi connectivity index (χ3v) is 3.68. The van der Waals surface area contributed by atoms with E-state index < -0.39 is 5.54 Å². The van der Waals surface area contributed by atoms with Crippen LogP contribution in [-0.4, -0.2) is 17.7 Å². The van der Waals surface area contributed by atoms with E-state index in [1.54, 1.807) is 0 Å². The van der Waals surface area contributed by atoms with E-state index in [9.17, 15) is 9.59 Å². The number of aldehydes is 1. The maximum absolute atomic E-state index is 12.1. The topological polar surface area (TPSA) is 71.3 Å². The molecule has 17 heavy (non-hydrogen) atoms. The Labute approximate surface area is 98.6 Å². The lowest BCUT2D eigenvalue weighted by molar-refractivity contribution is -0.121. The van der Waals surface area contributed by atoms with E-state index in [1.165, 1.54) is 6.26 Å². The van der Waals surface area contributed by atoms with Crippen molar-refractivity contribution in [3.63, 3.8) is 0 Å². The van der Waals surface area contributed by atoms with Gasteiger partial charge in [0.05, 0.1) is 0 Å². The van der Waals surface area contributed by atoms with Gasteiger partial charge in [-0.3, -0.25) is 9.59 Å². The van der Waals surface area contributed by atoms with Crippen molar-refractivity contribution in [3.05, 3.63) is 12.0 Å². The summed E-state index contributed by atoms with van der Waals surface area (Å²) >= 11 is 0. The second-order valence-corrected chi connectivity index (χ2v) is 4.73. The van der Waals surface area contributed by atoms with Crippen LogP contribution in [0.2, 0.25) is 0 Å². The number of rotatable bonds is 1. The van der Waals surface area contributed by atoms with Crippen molar-refractivity contribution in [2.75, 3.05) is 10.6 Å². The molecule has 0 aromatic carbocycles. The molecule has 1 spiro atoms. The van der Waals surface area contributed by atoms with Crippen LogP contribution in [0.4, 0.5) is 11.4 Å². The summed E-state index contributed by atoms with van der Waals surface area (Å²) < 4.78 is 5.10. The maximum Gasteiger partial charge on any atom is 0.250 e. The predicted octanol–water partition coefficient (Wildman–Crippen LogP) is 2.16. The molecule has 2 aliphatic rings. The Bertz CT molecular complexity index is 472. The number of hydrogen-bond acceptors (Lipinski definition) is 4. The number of fused-ring (bicyclic) bond motifs is 1. The molecule has 1 aliphatic heterocycles. The molecule has 90 valence electrons. The molecule has 1 aromatic rings. The summed E-state index contributed by atoms with van der Waals surface area (Å²) in [6.45, 7) is 0. The maximum atomic E-state index is 12.1. The van der Waals surface area contributed by atoms with Gasteiger partial charge in [0, 0.05) is 0 Å². The van der Waals surface area contributed by atoms with Crippen molar-refractivity contribution in [2.24, 2.45) is 0 Å². The minimum absolute atomic E-state index is 0.0112. The van der Waals surface area contributed by atoms with Gasteiger partial charge in [0.25, 0.3) is 0 Å². The van der Waals surface area contributed by atoms with Gasteiger partial charge in [0.2, 0.25) is 5.91 Å². The fourth-order valence-electron chi connectivity index (χ4n) is 2.73. The number of carbonyl (C=O) groups is 2. The van der Waals surface area contributed by atoms with Crippen LogP contribution >= 0.6 is 0 Å². The Morgan fingerprint density at radius 3 is 2.76 bits per heavy atom. The largest absolute Gasteiger partial charge is 0.457 e. The molecule has 5 nitrogen and oxygen atoms in total. The molecule has 0 saturated heterocycles. The Kier molecular flexibility index (Phi) is 2.21. The normalized spacial score (nSPS) is 21.5. The van der Waals surface area contributed by atoms with Crippen LogP contribution in [0.1, 0.15) is 42.7 Å². The number of carbonyl (C=O) groups excluding carboxylic acids is 2. The van der Waals surface area contributed by atoms with E-state index in [2.05, 4.69) is 10.6 Å². The van der Waals surface area contributed by atoms with Gasteiger partial charge in [-0.1, -0.05) is 19.3 Å². The Hall–Kier alpha value is -1.78. The second-order valence-electron chi connectivity index (χ2n) is 4.73. The van der Waals surface area contributed by atoms with Gasteiger partial charge in [-0.05, 0) is 12.8 Å². The van der Waals surface area contributed by atoms with Crippen LogP contribution in [0.15, 0.2) is 10.7 Å². The molecule has 0 unspecified atom stereocenters. The van der Waals surface area contributed by atoms with Gasteiger partial charge < -0.3 is 15.1 Å². The zero-order valence-electron chi connectivity index (χ0n) is 9.41. The molecular formula is C12H14N2O3. The lowest BCUT2D eigenvalue weighted by Gasteiger charge is -2.40. The minimum atomic E-state index is -0.549. The van der Waals surface area contributed by atoms with Crippen molar-refractivity contribution in [3.8, 4) is 0 Å². The highest BCUT2D eigenvalue weighted by Crippen LogP contribution is 2.40. The average molecular weight is 234 g/mol. The standard InChI is InChI=1S/C12H14N2O3/c15-6-9-10-8(7-17-9)13-11(16)12(14-10)4-2-1-3-5-12/h6-7,14H,1-5H2,(H,13,16). The molecular weight excluding hydrogens is 220 g/mol. The van der Waals surface area contributed by atoms with Gasteiger partial charge in [-0.15, -0.1) is 0 Å². The van der Waals surface area contributed by atoms with Crippen molar-refractivity contribution < 1.29 is 14.0 Å². The third kappa shape index (κ3) is 1.45. The summed E-state index contributed by atoms with van der Waals surface area (Å²) in [4.78, 5) is 23.0. The highest BCUT2D eigenvalue weighted by atomic mass is 16.3. The molecule has 0 atom stereocenters. The summed E-state index contributed by atoms with van der Waals surface area (Å²) in [5, 5.41) is 6.05. The number of anilines is 2. The first kappa shape index (κ1) is 10.4. The molecule has 1 aromatic heterocycles. The summed E-state index contributed by atoms with van der Waals surface area (Å²) in [7, 11) is 0. The van der Waals surface area contributed by atoms with Crippen molar-refractivity contribution >= 4 is 23.6 Å². The lowest BCUT2D eigenvalue weighted by atomic mass is 9.79. The van der Waals surface area contributed by atoms with Crippen LogP contribution in [0.5, 0.6) is 0 Å². The molecule has 3 rings (SSSR count). The summed E-state index contributed by atoms with van der Waals surface area (Å²) in [6.07, 6.45) is 6.91. The highest BCUT2D eigenvalue weighted by molar-refractivity contribution is 6.08. The Balaban J connectivity index is 2.00. The molecule has 1 saturated carbocycles. The van der Waals surface area contributed by atoms with Crippen LogP contribution in [-0.2, 0) is 4.79 Å². The summed E-state index contributed by atoms with van der Waals surface area (Å²) in [6, 6.07) is 0. The molecule has 0 radical (unpaired) electrons. The molecule has 1 aliphatic carbocycles. The first-order valence-corrected chi connectivity index (χ1v) is 5.91. The highest BCUT2D eigenvalue weighted by Gasteiger charge is 2.44. The first-order chi connectivity index (χ1) is 8.25. The molecule has 2 heterocycles. The van der Waals surface area contributed by atoms with E-state index in [0.717, 1.165) is 32.1 Å². The third-order valence-electron chi connectivity index (χ3n) is 3.68. The van der Waals surface area contributed by atoms with Crippen LogP contribution < -0.4 is 10.6 Å². The number of hydrogen-bond donors (Lipinski definition) is 2. The zero-order chi connectivity index (χ0) is 11.9. The van der Waals surface area contributed by atoms with E-state index in [-0.39, 0.29) is 11.7 Å². The van der Waals surface area contributed by atoms with Gasteiger partial charge in [0.15, 0.2) is 12.0 Å². The fraction of sp³-hybridized carbons (Fsp3) is 0.500. The van der Waals surface area contributed by atoms with E-state index >= 15 is 0 Å². The van der Waals surface area contributed by atoms with Crippen molar-refractivity contribution in [2.45, 2.75) is 37.6 Å². The molecule has 0 bridgehead atoms. The Morgan fingerprint density at radius 2 is 2.06 bits per heavy atom. The van der Waals surface area contributed by atoms with E-state index in [4.69, 9.17) is 4.42 Å². The smallest absolute Gasteiger partial charge is 0.250 e. The van der Waals surface area contributed by atoms with Gasteiger partial charge >= 0.3 is 0 Å². The lowest BCUT2D eigenvalue weighted by Crippen LogP contribution is -2.53. The SMILES string of the molecule is O=Cc1occ2c1NC1(CCCCC1)C(=O)N2. The van der Waals surface area contributed by atoms with Crippen LogP contribution in [0.25, 0.3) is 0 Å². The summed E-state index contributed by atoms with van der Waals surface area (Å²) in [5.41, 5.74) is 0.641. The minimum Gasteiger partial charge on any atom is -0.457 e. The summed E-state index contributed by atoms with van der Waals surface area (Å²) in [5.74, 6) is 0.243. The van der Waals surface area contributed by atoms with E-state index in [1.807, 2.05) is 0 Å². The van der Waals surface area contributed by atoms with Crippen molar-refractivity contribution in [1.82, 2.24) is 0 Å². The monoisotopic (exact) mass is 234 g/mol. The fourth-order valence-corrected chi connectivity index (χ4v) is 2.73. The molecule has 5 heteroatoms. The van der Waals surface area contributed by atoms with Gasteiger partial charge in [0.1, 0.15) is 23.2 Å². The zero-order valence-corrected chi connectivity index (χ0v) is 9.41. The Morgan fingerprint density at radius 1 is 1.29 bits per heavy atom. The predicted molar refractivity (Wildman–Crippen MR) is 62.2 cm³/mol. The number of amides is 1. The first-order valence-electron chi connectivity index (χ1n) is 5.91. The number of furan rings is 1. The van der Waals surface area contributed by atoms with Gasteiger partial charge in [-0.25, -0.2) is 0 Å². The molecule has 1 fully saturated rings. The molecule has 2 N–H and O–H groups in total.